The Morgan fingerprint density at radius 3 is 2.40 bits per heavy atom. The van der Waals surface area contributed by atoms with Gasteiger partial charge in [-0.05, 0) is 25.0 Å². The molecule has 0 aromatic heterocycles. The van der Waals surface area contributed by atoms with Crippen LogP contribution in [0, 0.1) is 0 Å². The first-order valence-electron chi connectivity index (χ1n) is 7.19. The minimum atomic E-state index is -3.21. The molecule has 0 radical (unpaired) electrons. The molecule has 1 rings (SSSR count). The number of benzene rings is 1. The van der Waals surface area contributed by atoms with E-state index in [9.17, 15) is 8.42 Å². The number of sulfone groups is 1. The van der Waals surface area contributed by atoms with Crippen molar-refractivity contribution < 1.29 is 8.42 Å². The summed E-state index contributed by atoms with van der Waals surface area (Å²) in [6.45, 7) is 5.51. The van der Waals surface area contributed by atoms with E-state index in [1.807, 2.05) is 19.1 Å². The highest BCUT2D eigenvalue weighted by atomic mass is 35.5. The van der Waals surface area contributed by atoms with E-state index in [1.165, 1.54) is 0 Å². The van der Waals surface area contributed by atoms with E-state index in [1.54, 1.807) is 12.1 Å². The predicted molar refractivity (Wildman–Crippen MR) is 86.6 cm³/mol. The maximum Gasteiger partial charge on any atom is 0.180 e. The van der Waals surface area contributed by atoms with Crippen molar-refractivity contribution in [1.29, 1.82) is 0 Å². The second-order valence-electron chi connectivity index (χ2n) is 4.82. The maximum absolute atomic E-state index is 12.4. The Morgan fingerprint density at radius 2 is 1.80 bits per heavy atom. The summed E-state index contributed by atoms with van der Waals surface area (Å²) in [7, 11) is -3.21. The third kappa shape index (κ3) is 4.67. The lowest BCUT2D eigenvalue weighted by molar-refractivity contribution is 0.594. The summed E-state index contributed by atoms with van der Waals surface area (Å²) in [4.78, 5) is 2.52. The first-order chi connectivity index (χ1) is 9.56. The fourth-order valence-corrected chi connectivity index (χ4v) is 3.93. The van der Waals surface area contributed by atoms with Crippen molar-refractivity contribution in [2.45, 2.75) is 38.0 Å². The quantitative estimate of drug-likeness (QED) is 0.651. The molecule has 0 fully saturated rings. The number of hydrogen-bond donors (Lipinski definition) is 0. The van der Waals surface area contributed by atoms with E-state index in [4.69, 9.17) is 11.6 Å². The molecule has 3 nitrogen and oxygen atoms in total. The van der Waals surface area contributed by atoms with E-state index in [0.29, 0.717) is 23.7 Å². The second-order valence-corrected chi connectivity index (χ2v) is 7.27. The first-order valence-corrected chi connectivity index (χ1v) is 9.38. The number of rotatable bonds is 9. The third-order valence-corrected chi connectivity index (χ3v) is 5.28. The molecule has 20 heavy (non-hydrogen) atoms. The Kier molecular flexibility index (Phi) is 7.38. The van der Waals surface area contributed by atoms with Gasteiger partial charge in [-0.1, -0.05) is 32.4 Å². The standard InChI is InChI=1S/C15H24ClNO2S/c1-3-5-11-17(12-10-16)14-8-6-7-9-15(14)20(18,19)13-4-2/h6-9H,3-5,10-13H2,1-2H3. The van der Waals surface area contributed by atoms with Crippen molar-refractivity contribution >= 4 is 27.1 Å². The zero-order valence-corrected chi connectivity index (χ0v) is 13.9. The lowest BCUT2D eigenvalue weighted by atomic mass is 10.2. The predicted octanol–water partition coefficient (Wildman–Crippen LogP) is 3.72. The lowest BCUT2D eigenvalue weighted by Crippen LogP contribution is -2.28. The molecule has 0 unspecified atom stereocenters. The number of anilines is 1. The molecule has 0 saturated carbocycles. The van der Waals surface area contributed by atoms with Gasteiger partial charge in [0.2, 0.25) is 0 Å². The highest BCUT2D eigenvalue weighted by molar-refractivity contribution is 7.91. The molecule has 0 amide bonds. The number of nitrogens with zero attached hydrogens (tertiary/aromatic N) is 1. The molecular formula is C15H24ClNO2S. The van der Waals surface area contributed by atoms with Crippen LogP contribution < -0.4 is 4.90 Å². The fraction of sp³-hybridized carbons (Fsp3) is 0.600. The minimum Gasteiger partial charge on any atom is -0.369 e. The summed E-state index contributed by atoms with van der Waals surface area (Å²) in [5.41, 5.74) is 0.787. The van der Waals surface area contributed by atoms with Gasteiger partial charge in [-0.25, -0.2) is 8.42 Å². The van der Waals surface area contributed by atoms with Crippen molar-refractivity contribution in [1.82, 2.24) is 0 Å². The third-order valence-electron chi connectivity index (χ3n) is 3.15. The van der Waals surface area contributed by atoms with E-state index >= 15 is 0 Å². The van der Waals surface area contributed by atoms with Crippen LogP contribution in [0.25, 0.3) is 0 Å². The second kappa shape index (κ2) is 8.53. The lowest BCUT2D eigenvalue weighted by Gasteiger charge is -2.26. The molecule has 1 aromatic rings. The monoisotopic (exact) mass is 317 g/mol. The molecule has 5 heteroatoms. The van der Waals surface area contributed by atoms with Gasteiger partial charge in [-0.15, -0.1) is 11.6 Å². The largest absolute Gasteiger partial charge is 0.369 e. The SMILES string of the molecule is CCCCN(CCCl)c1ccccc1S(=O)(=O)CCC. The van der Waals surface area contributed by atoms with Crippen LogP contribution in [0.5, 0.6) is 0 Å². The van der Waals surface area contributed by atoms with Crippen LogP contribution in [0.3, 0.4) is 0 Å². The topological polar surface area (TPSA) is 37.4 Å². The fourth-order valence-electron chi connectivity index (χ4n) is 2.16. The van der Waals surface area contributed by atoms with Gasteiger partial charge in [0.05, 0.1) is 16.3 Å². The van der Waals surface area contributed by atoms with Crippen LogP contribution in [0.4, 0.5) is 5.69 Å². The Balaban J connectivity index is 3.15. The molecule has 0 atom stereocenters. The van der Waals surface area contributed by atoms with Crippen molar-refractivity contribution in [3.63, 3.8) is 0 Å². The Bertz CT molecular complexity index is 502. The average molecular weight is 318 g/mol. The van der Waals surface area contributed by atoms with Crippen molar-refractivity contribution in [3.8, 4) is 0 Å². The van der Waals surface area contributed by atoms with E-state index in [0.717, 1.165) is 25.1 Å². The van der Waals surface area contributed by atoms with Crippen LogP contribution in [0.1, 0.15) is 33.1 Å². The van der Waals surface area contributed by atoms with Gasteiger partial charge in [-0.2, -0.15) is 0 Å². The highest BCUT2D eigenvalue weighted by Gasteiger charge is 2.20. The molecule has 0 bridgehead atoms. The molecule has 0 aliphatic rings. The zero-order chi connectivity index (χ0) is 15.0. The van der Waals surface area contributed by atoms with Gasteiger partial charge in [0.25, 0.3) is 0 Å². The smallest absolute Gasteiger partial charge is 0.180 e. The molecule has 0 heterocycles. The molecule has 0 spiro atoms. The van der Waals surface area contributed by atoms with Crippen LogP contribution in [-0.4, -0.2) is 33.1 Å². The van der Waals surface area contributed by atoms with E-state index < -0.39 is 9.84 Å². The first kappa shape index (κ1) is 17.3. The van der Waals surface area contributed by atoms with Gasteiger partial charge in [0.1, 0.15) is 0 Å². The van der Waals surface area contributed by atoms with Gasteiger partial charge >= 0.3 is 0 Å². The molecule has 0 aliphatic carbocycles. The Morgan fingerprint density at radius 1 is 1.10 bits per heavy atom. The Hall–Kier alpha value is -0.740. The number of para-hydroxylation sites is 1. The zero-order valence-electron chi connectivity index (χ0n) is 12.3. The summed E-state index contributed by atoms with van der Waals surface area (Å²) in [5.74, 6) is 0.679. The molecule has 1 aromatic carbocycles. The molecule has 0 N–H and O–H groups in total. The summed E-state index contributed by atoms with van der Waals surface area (Å²) in [6, 6.07) is 7.25. The van der Waals surface area contributed by atoms with Crippen molar-refractivity contribution in [3.05, 3.63) is 24.3 Å². The summed E-state index contributed by atoms with van der Waals surface area (Å²) in [5, 5.41) is 0. The highest BCUT2D eigenvalue weighted by Crippen LogP contribution is 2.26. The number of hydrogen-bond acceptors (Lipinski definition) is 3. The number of unbranched alkanes of at least 4 members (excludes halogenated alkanes) is 1. The van der Waals surface area contributed by atoms with Crippen molar-refractivity contribution in [2.24, 2.45) is 0 Å². The molecule has 114 valence electrons. The van der Waals surface area contributed by atoms with Crippen LogP contribution in [0.15, 0.2) is 29.2 Å². The summed E-state index contributed by atoms with van der Waals surface area (Å²) < 4.78 is 24.8. The maximum atomic E-state index is 12.4. The van der Waals surface area contributed by atoms with Gasteiger partial charge in [-0.3, -0.25) is 0 Å². The van der Waals surface area contributed by atoms with Crippen LogP contribution in [0.2, 0.25) is 0 Å². The van der Waals surface area contributed by atoms with Gasteiger partial charge in [0.15, 0.2) is 9.84 Å². The van der Waals surface area contributed by atoms with Crippen molar-refractivity contribution in [2.75, 3.05) is 29.6 Å². The average Bonchev–Trinajstić information content (AvgIpc) is 2.43. The number of halogens is 1. The normalized spacial score (nSPS) is 11.6. The summed E-state index contributed by atoms with van der Waals surface area (Å²) >= 11 is 5.86. The minimum absolute atomic E-state index is 0.187. The summed E-state index contributed by atoms with van der Waals surface area (Å²) in [6.07, 6.45) is 2.73. The van der Waals surface area contributed by atoms with Gasteiger partial charge in [0, 0.05) is 19.0 Å². The van der Waals surface area contributed by atoms with E-state index in [-0.39, 0.29) is 5.75 Å². The molecular weight excluding hydrogens is 294 g/mol. The van der Waals surface area contributed by atoms with Crippen LogP contribution >= 0.6 is 11.6 Å². The number of alkyl halides is 1. The molecule has 0 aliphatic heterocycles. The van der Waals surface area contributed by atoms with E-state index in [2.05, 4.69) is 11.8 Å². The Labute approximate surface area is 127 Å². The molecule has 0 saturated heterocycles. The van der Waals surface area contributed by atoms with Gasteiger partial charge < -0.3 is 4.90 Å². The van der Waals surface area contributed by atoms with Crippen LogP contribution in [-0.2, 0) is 9.84 Å².